The average molecular weight is 433 g/mol. The summed E-state index contributed by atoms with van der Waals surface area (Å²) in [5.74, 6) is 3.98. The molecule has 5 rings (SSSR count). The van der Waals surface area contributed by atoms with Gasteiger partial charge in [-0.05, 0) is 30.0 Å². The van der Waals surface area contributed by atoms with E-state index in [4.69, 9.17) is 19.4 Å². The molecule has 0 spiro atoms. The third kappa shape index (κ3) is 3.89. The fourth-order valence-electron chi connectivity index (χ4n) is 4.45. The molecule has 2 aliphatic rings. The van der Waals surface area contributed by atoms with Crippen molar-refractivity contribution in [2.75, 3.05) is 43.0 Å². The van der Waals surface area contributed by atoms with Crippen LogP contribution in [0.25, 0.3) is 0 Å². The second kappa shape index (κ2) is 8.92. The monoisotopic (exact) mass is 432 g/mol. The van der Waals surface area contributed by atoms with Gasteiger partial charge in [-0.15, -0.1) is 0 Å². The van der Waals surface area contributed by atoms with E-state index < -0.39 is 0 Å². The number of benzene rings is 2. The highest BCUT2D eigenvalue weighted by atomic mass is 16.5. The molecule has 2 aliphatic heterocycles. The quantitative estimate of drug-likeness (QED) is 0.499. The van der Waals surface area contributed by atoms with Crippen LogP contribution in [0.15, 0.2) is 48.5 Å². The minimum Gasteiger partial charge on any atom is -0.493 e. The van der Waals surface area contributed by atoms with Gasteiger partial charge in [0.2, 0.25) is 5.95 Å². The Kier molecular flexibility index (Phi) is 5.68. The van der Waals surface area contributed by atoms with Gasteiger partial charge >= 0.3 is 0 Å². The maximum atomic E-state index is 5.55. The van der Waals surface area contributed by atoms with Crippen molar-refractivity contribution in [3.05, 3.63) is 65.2 Å². The molecule has 8 nitrogen and oxygen atoms in total. The number of para-hydroxylation sites is 1. The number of rotatable bonds is 8. The Hall–Kier alpha value is -3.52. The average Bonchev–Trinajstić information content (AvgIpc) is 3.25. The molecular weight excluding hydrogens is 404 g/mol. The van der Waals surface area contributed by atoms with Crippen molar-refractivity contribution >= 4 is 17.6 Å². The van der Waals surface area contributed by atoms with Crippen molar-refractivity contribution < 1.29 is 9.47 Å². The molecule has 1 atom stereocenters. The van der Waals surface area contributed by atoms with Gasteiger partial charge in [0.05, 0.1) is 25.8 Å². The molecule has 0 fully saturated rings. The fraction of sp³-hybridized carbons (Fsp3) is 0.333. The van der Waals surface area contributed by atoms with Crippen molar-refractivity contribution in [3.63, 3.8) is 0 Å². The fourth-order valence-corrected chi connectivity index (χ4v) is 4.45. The molecule has 2 aromatic carbocycles. The molecule has 0 saturated carbocycles. The number of ether oxygens (including phenoxy) is 2. The summed E-state index contributed by atoms with van der Waals surface area (Å²) in [6.45, 7) is 2.45. The highest BCUT2D eigenvalue weighted by Gasteiger charge is 2.34. The van der Waals surface area contributed by atoms with E-state index in [0.29, 0.717) is 12.5 Å². The van der Waals surface area contributed by atoms with Crippen molar-refractivity contribution in [3.8, 4) is 11.5 Å². The molecule has 1 aromatic heterocycles. The Morgan fingerprint density at radius 1 is 1.06 bits per heavy atom. The lowest BCUT2D eigenvalue weighted by molar-refractivity contribution is 0.352. The van der Waals surface area contributed by atoms with E-state index in [0.717, 1.165) is 60.2 Å². The van der Waals surface area contributed by atoms with Crippen molar-refractivity contribution in [2.24, 2.45) is 0 Å². The number of methoxy groups -OCH3 is 2. The van der Waals surface area contributed by atoms with E-state index in [1.807, 2.05) is 24.3 Å². The van der Waals surface area contributed by atoms with Gasteiger partial charge in [-0.3, -0.25) is 0 Å². The van der Waals surface area contributed by atoms with Crippen LogP contribution < -0.4 is 30.5 Å². The molecule has 166 valence electrons. The minimum absolute atomic E-state index is 0.252. The highest BCUT2D eigenvalue weighted by molar-refractivity contribution is 5.67. The number of aromatic nitrogens is 2. The summed E-state index contributed by atoms with van der Waals surface area (Å²) >= 11 is 0. The topological polar surface area (TPSA) is 83.6 Å². The summed E-state index contributed by atoms with van der Waals surface area (Å²) in [6.07, 6.45) is 1.78. The smallest absolute Gasteiger partial charge is 0.226 e. The highest BCUT2D eigenvalue weighted by Crippen LogP contribution is 2.41. The van der Waals surface area contributed by atoms with Gasteiger partial charge in [0.1, 0.15) is 5.82 Å². The normalized spacial score (nSPS) is 16.3. The number of anilines is 3. The van der Waals surface area contributed by atoms with Crippen LogP contribution in [0.5, 0.6) is 11.5 Å². The zero-order valence-electron chi connectivity index (χ0n) is 18.4. The Morgan fingerprint density at radius 3 is 2.75 bits per heavy atom. The molecule has 32 heavy (non-hydrogen) atoms. The molecule has 0 amide bonds. The molecular formula is C24H28N6O2. The molecule has 0 bridgehead atoms. The Labute approximate surface area is 187 Å². The molecule has 1 unspecified atom stereocenters. The summed E-state index contributed by atoms with van der Waals surface area (Å²) in [7, 11) is 3.32. The second-order valence-electron chi connectivity index (χ2n) is 7.98. The second-order valence-corrected chi connectivity index (χ2v) is 7.98. The number of hydrogen-bond donors (Lipinski definition) is 3. The van der Waals surface area contributed by atoms with Gasteiger partial charge in [-0.1, -0.05) is 42.5 Å². The third-order valence-electron chi connectivity index (χ3n) is 6.00. The van der Waals surface area contributed by atoms with Gasteiger partial charge in [-0.25, -0.2) is 5.43 Å². The summed E-state index contributed by atoms with van der Waals surface area (Å²) in [5, 5.41) is 3.40. The first-order valence-electron chi connectivity index (χ1n) is 10.9. The SMILES string of the molecule is COc1cccc(CCNc2nc3c4c(n2)N(Cc2ccccc2)CCC4NN3)c1OC. The van der Waals surface area contributed by atoms with E-state index in [-0.39, 0.29) is 6.04 Å². The first kappa shape index (κ1) is 20.4. The largest absolute Gasteiger partial charge is 0.493 e. The number of nitrogens with one attached hydrogen (secondary N) is 3. The third-order valence-corrected chi connectivity index (χ3v) is 6.00. The predicted molar refractivity (Wildman–Crippen MR) is 125 cm³/mol. The summed E-state index contributed by atoms with van der Waals surface area (Å²) < 4.78 is 11.0. The number of hydrazine groups is 1. The first-order chi connectivity index (χ1) is 15.8. The lowest BCUT2D eigenvalue weighted by Gasteiger charge is -2.32. The Bertz CT molecular complexity index is 1090. The molecule has 0 radical (unpaired) electrons. The molecule has 3 N–H and O–H groups in total. The van der Waals surface area contributed by atoms with Gasteiger partial charge in [-0.2, -0.15) is 9.97 Å². The Morgan fingerprint density at radius 2 is 1.94 bits per heavy atom. The molecule has 0 aliphatic carbocycles. The van der Waals surface area contributed by atoms with Gasteiger partial charge in [0.25, 0.3) is 0 Å². The summed E-state index contributed by atoms with van der Waals surface area (Å²) in [6, 6.07) is 16.7. The molecule has 3 aromatic rings. The predicted octanol–water partition coefficient (Wildman–Crippen LogP) is 3.53. The van der Waals surface area contributed by atoms with E-state index in [1.54, 1.807) is 14.2 Å². The van der Waals surface area contributed by atoms with Crippen molar-refractivity contribution in [1.29, 1.82) is 0 Å². The van der Waals surface area contributed by atoms with Gasteiger partial charge in [0, 0.05) is 19.6 Å². The lowest BCUT2D eigenvalue weighted by Crippen LogP contribution is -2.34. The van der Waals surface area contributed by atoms with Crippen LogP contribution in [0.4, 0.5) is 17.6 Å². The van der Waals surface area contributed by atoms with E-state index in [9.17, 15) is 0 Å². The number of nitrogens with zero attached hydrogens (tertiary/aromatic N) is 3. The van der Waals surface area contributed by atoms with Gasteiger partial charge < -0.3 is 25.1 Å². The maximum absolute atomic E-state index is 5.55. The van der Waals surface area contributed by atoms with Crippen LogP contribution in [0.1, 0.15) is 29.2 Å². The maximum Gasteiger partial charge on any atom is 0.226 e. The van der Waals surface area contributed by atoms with Crippen molar-refractivity contribution in [2.45, 2.75) is 25.4 Å². The van der Waals surface area contributed by atoms with E-state index in [2.05, 4.69) is 45.3 Å². The molecule has 0 saturated heterocycles. The zero-order valence-corrected chi connectivity index (χ0v) is 18.4. The number of hydrogen-bond acceptors (Lipinski definition) is 8. The lowest BCUT2D eigenvalue weighted by atomic mass is 10.0. The standard InChI is InChI=1S/C24H28N6O2/c1-31-19-10-6-9-17(21(19)32-2)11-13-25-24-26-22-20-18(28-29-22)12-14-30(23(20)27-24)15-16-7-4-3-5-8-16/h3-10,18,28H,11-15H2,1-2H3,(H2,25,26,27,29). The summed E-state index contributed by atoms with van der Waals surface area (Å²) in [4.78, 5) is 12.0. The Balaban J connectivity index is 1.35. The van der Waals surface area contributed by atoms with Gasteiger partial charge in [0.15, 0.2) is 17.3 Å². The van der Waals surface area contributed by atoms with Crippen LogP contribution in [-0.4, -0.2) is 37.3 Å². The van der Waals surface area contributed by atoms with Crippen LogP contribution in [0, 0.1) is 0 Å². The van der Waals surface area contributed by atoms with E-state index >= 15 is 0 Å². The summed E-state index contributed by atoms with van der Waals surface area (Å²) in [5.41, 5.74) is 10.1. The zero-order chi connectivity index (χ0) is 21.9. The molecule has 3 heterocycles. The van der Waals surface area contributed by atoms with E-state index in [1.165, 1.54) is 5.56 Å². The van der Waals surface area contributed by atoms with Crippen LogP contribution >= 0.6 is 0 Å². The van der Waals surface area contributed by atoms with Crippen molar-refractivity contribution in [1.82, 2.24) is 15.4 Å². The molecule has 8 heteroatoms. The van der Waals surface area contributed by atoms with Crippen LogP contribution in [-0.2, 0) is 13.0 Å². The first-order valence-corrected chi connectivity index (χ1v) is 10.9. The van der Waals surface area contributed by atoms with Crippen LogP contribution in [0.3, 0.4) is 0 Å². The minimum atomic E-state index is 0.252. The van der Waals surface area contributed by atoms with Crippen LogP contribution in [0.2, 0.25) is 0 Å².